The molecule has 0 atom stereocenters. The topological polar surface area (TPSA) is 96.2 Å². The molecule has 2 rings (SSSR count). The van der Waals surface area contributed by atoms with E-state index in [1.807, 2.05) is 6.92 Å². The summed E-state index contributed by atoms with van der Waals surface area (Å²) in [5.74, 6) is 0.822. The van der Waals surface area contributed by atoms with Crippen molar-refractivity contribution in [1.82, 2.24) is 9.78 Å². The zero-order valence-corrected chi connectivity index (χ0v) is 12.5. The van der Waals surface area contributed by atoms with Gasteiger partial charge in [0.2, 0.25) is 5.88 Å². The van der Waals surface area contributed by atoms with Gasteiger partial charge in [-0.15, -0.1) is 0 Å². The minimum absolute atomic E-state index is 0.0595. The fourth-order valence-corrected chi connectivity index (χ4v) is 2.36. The van der Waals surface area contributed by atoms with E-state index in [4.69, 9.17) is 10.5 Å². The second kappa shape index (κ2) is 5.59. The third-order valence-corrected chi connectivity index (χ3v) is 3.64. The molecule has 0 aliphatic heterocycles. The first-order chi connectivity index (χ1) is 9.45. The summed E-state index contributed by atoms with van der Waals surface area (Å²) in [5.41, 5.74) is 7.16. The van der Waals surface area contributed by atoms with Crippen molar-refractivity contribution >= 4 is 21.6 Å². The summed E-state index contributed by atoms with van der Waals surface area (Å²) in [5, 5.41) is 15.1. The predicted molar refractivity (Wildman–Crippen MR) is 76.7 cm³/mol. The number of hydrogen-bond donors (Lipinski definition) is 1. The van der Waals surface area contributed by atoms with Crippen molar-refractivity contribution < 1.29 is 9.66 Å². The lowest BCUT2D eigenvalue weighted by Crippen LogP contribution is -2.02. The molecule has 7 nitrogen and oxygen atoms in total. The predicted octanol–water partition coefficient (Wildman–Crippen LogP) is 2.65. The van der Waals surface area contributed by atoms with Crippen LogP contribution in [0.25, 0.3) is 0 Å². The molecule has 0 saturated heterocycles. The maximum Gasteiger partial charge on any atom is 0.287 e. The van der Waals surface area contributed by atoms with Gasteiger partial charge in [-0.25, -0.2) is 4.68 Å². The van der Waals surface area contributed by atoms with Gasteiger partial charge in [-0.05, 0) is 28.9 Å². The van der Waals surface area contributed by atoms with Crippen molar-refractivity contribution in [3.8, 4) is 11.6 Å². The average Bonchev–Trinajstić information content (AvgIpc) is 2.65. The molecule has 0 amide bonds. The van der Waals surface area contributed by atoms with E-state index in [2.05, 4.69) is 21.0 Å². The minimum atomic E-state index is -0.477. The molecule has 0 aliphatic rings. The van der Waals surface area contributed by atoms with Gasteiger partial charge in [0.25, 0.3) is 5.69 Å². The summed E-state index contributed by atoms with van der Waals surface area (Å²) in [4.78, 5) is 10.4. The number of nitrogens with two attached hydrogens (primary N) is 1. The number of hydrogen-bond acceptors (Lipinski definition) is 5. The normalized spacial score (nSPS) is 10.6. The minimum Gasteiger partial charge on any atom is -0.437 e. The Bertz CT molecular complexity index is 669. The van der Waals surface area contributed by atoms with Crippen LogP contribution in [0.2, 0.25) is 0 Å². The summed E-state index contributed by atoms with van der Waals surface area (Å²) >= 11 is 3.19. The first kappa shape index (κ1) is 14.5. The quantitative estimate of drug-likeness (QED) is 0.681. The lowest BCUT2D eigenvalue weighted by molar-refractivity contribution is -0.385. The highest BCUT2D eigenvalue weighted by Crippen LogP contribution is 2.37. The highest BCUT2D eigenvalue weighted by Gasteiger charge is 2.20. The first-order valence-corrected chi connectivity index (χ1v) is 6.58. The fraction of sp³-hybridized carbons (Fsp3) is 0.250. The number of nitro groups is 1. The molecule has 0 fully saturated rings. The SMILES string of the molecule is Cc1nn(C)c(Oc2cccc([N+](=O)[O-])c2Br)c1CN. The fourth-order valence-electron chi connectivity index (χ4n) is 1.87. The van der Waals surface area contributed by atoms with E-state index in [1.165, 1.54) is 6.07 Å². The van der Waals surface area contributed by atoms with E-state index in [1.54, 1.807) is 23.9 Å². The van der Waals surface area contributed by atoms with Crippen LogP contribution in [0.1, 0.15) is 11.3 Å². The largest absolute Gasteiger partial charge is 0.437 e. The zero-order valence-electron chi connectivity index (χ0n) is 11.0. The van der Waals surface area contributed by atoms with Crippen molar-refractivity contribution in [2.75, 3.05) is 0 Å². The molecule has 1 aromatic heterocycles. The van der Waals surface area contributed by atoms with Gasteiger partial charge in [0.1, 0.15) is 4.47 Å². The van der Waals surface area contributed by atoms with Gasteiger partial charge >= 0.3 is 0 Å². The van der Waals surface area contributed by atoms with Crippen molar-refractivity contribution in [2.45, 2.75) is 13.5 Å². The molecule has 2 N–H and O–H groups in total. The van der Waals surface area contributed by atoms with Crippen molar-refractivity contribution in [2.24, 2.45) is 12.8 Å². The molecular formula is C12H13BrN4O3. The van der Waals surface area contributed by atoms with Crippen LogP contribution >= 0.6 is 15.9 Å². The van der Waals surface area contributed by atoms with E-state index in [9.17, 15) is 10.1 Å². The number of aryl methyl sites for hydroxylation is 2. The molecule has 0 bridgehead atoms. The standard InChI is InChI=1S/C12H13BrN4O3/c1-7-8(6-14)12(16(2)15-7)20-10-5-3-4-9(11(10)13)17(18)19/h3-5H,6,14H2,1-2H3. The van der Waals surface area contributed by atoms with Gasteiger partial charge in [0, 0.05) is 19.7 Å². The number of nitro benzene ring substituents is 1. The van der Waals surface area contributed by atoms with Gasteiger partial charge < -0.3 is 10.5 Å². The van der Waals surface area contributed by atoms with Gasteiger partial charge in [-0.3, -0.25) is 10.1 Å². The third-order valence-electron chi connectivity index (χ3n) is 2.84. The van der Waals surface area contributed by atoms with Crippen LogP contribution in [0, 0.1) is 17.0 Å². The number of benzene rings is 1. The average molecular weight is 341 g/mol. The smallest absolute Gasteiger partial charge is 0.287 e. The summed E-state index contributed by atoms with van der Waals surface area (Å²) in [7, 11) is 1.73. The van der Waals surface area contributed by atoms with Crippen LogP contribution in [-0.4, -0.2) is 14.7 Å². The van der Waals surface area contributed by atoms with Gasteiger partial charge in [0.05, 0.1) is 16.2 Å². The summed E-state index contributed by atoms with van der Waals surface area (Å²) in [6.45, 7) is 2.11. The summed E-state index contributed by atoms with van der Waals surface area (Å²) in [6.07, 6.45) is 0. The molecule has 2 aromatic rings. The molecule has 0 unspecified atom stereocenters. The number of aromatic nitrogens is 2. The van der Waals surface area contributed by atoms with E-state index in [-0.39, 0.29) is 16.7 Å². The molecule has 1 aromatic carbocycles. The van der Waals surface area contributed by atoms with Crippen LogP contribution in [0.3, 0.4) is 0 Å². The molecule has 0 spiro atoms. The molecule has 106 valence electrons. The molecule has 1 heterocycles. The summed E-state index contributed by atoms with van der Waals surface area (Å²) < 4.78 is 7.59. The van der Waals surface area contributed by atoms with Crippen LogP contribution < -0.4 is 10.5 Å². The molecule has 0 aliphatic carbocycles. The molecule has 0 saturated carbocycles. The summed E-state index contributed by atoms with van der Waals surface area (Å²) in [6, 6.07) is 4.60. The van der Waals surface area contributed by atoms with E-state index in [0.29, 0.717) is 11.6 Å². The Morgan fingerprint density at radius 1 is 1.55 bits per heavy atom. The Balaban J connectivity index is 2.46. The van der Waals surface area contributed by atoms with Crippen molar-refractivity contribution in [3.63, 3.8) is 0 Å². The van der Waals surface area contributed by atoms with E-state index in [0.717, 1.165) is 11.3 Å². The van der Waals surface area contributed by atoms with Crippen LogP contribution in [-0.2, 0) is 13.6 Å². The van der Waals surface area contributed by atoms with E-state index < -0.39 is 4.92 Å². The number of ether oxygens (including phenoxy) is 1. The maximum atomic E-state index is 10.9. The monoisotopic (exact) mass is 340 g/mol. The Morgan fingerprint density at radius 2 is 2.25 bits per heavy atom. The molecular weight excluding hydrogens is 328 g/mol. The Morgan fingerprint density at radius 3 is 2.85 bits per heavy atom. The molecule has 0 radical (unpaired) electrons. The lowest BCUT2D eigenvalue weighted by Gasteiger charge is -2.09. The molecule has 20 heavy (non-hydrogen) atoms. The van der Waals surface area contributed by atoms with Gasteiger partial charge in [0.15, 0.2) is 5.75 Å². The second-order valence-electron chi connectivity index (χ2n) is 4.15. The highest BCUT2D eigenvalue weighted by atomic mass is 79.9. The first-order valence-electron chi connectivity index (χ1n) is 5.79. The Kier molecular flexibility index (Phi) is 4.05. The maximum absolute atomic E-state index is 10.9. The van der Waals surface area contributed by atoms with Crippen LogP contribution in [0.5, 0.6) is 11.6 Å². The van der Waals surface area contributed by atoms with Crippen LogP contribution in [0.15, 0.2) is 22.7 Å². The number of rotatable bonds is 4. The Labute approximate surface area is 123 Å². The third kappa shape index (κ3) is 2.52. The number of nitrogens with zero attached hydrogens (tertiary/aromatic N) is 3. The van der Waals surface area contributed by atoms with Gasteiger partial charge in [-0.2, -0.15) is 5.10 Å². The van der Waals surface area contributed by atoms with E-state index >= 15 is 0 Å². The van der Waals surface area contributed by atoms with Crippen molar-refractivity contribution in [3.05, 3.63) is 44.0 Å². The zero-order chi connectivity index (χ0) is 14.9. The molecule has 8 heteroatoms. The lowest BCUT2D eigenvalue weighted by atomic mass is 10.2. The Hall–Kier alpha value is -1.93. The number of halogens is 1. The van der Waals surface area contributed by atoms with Crippen molar-refractivity contribution in [1.29, 1.82) is 0 Å². The highest BCUT2D eigenvalue weighted by molar-refractivity contribution is 9.10. The van der Waals surface area contributed by atoms with Gasteiger partial charge in [-0.1, -0.05) is 6.07 Å². The second-order valence-corrected chi connectivity index (χ2v) is 4.94. The van der Waals surface area contributed by atoms with Crippen LogP contribution in [0.4, 0.5) is 5.69 Å².